The van der Waals surface area contributed by atoms with Crippen molar-refractivity contribution in [3.8, 4) is 18.2 Å². The maximum Gasteiger partial charge on any atom is 0.226 e. The summed E-state index contributed by atoms with van der Waals surface area (Å²) in [5, 5.41) is 26.7. The van der Waals surface area contributed by atoms with E-state index in [1.165, 1.54) is 4.90 Å². The predicted molar refractivity (Wildman–Crippen MR) is 63.2 cm³/mol. The summed E-state index contributed by atoms with van der Waals surface area (Å²) in [7, 11) is 0. The van der Waals surface area contributed by atoms with Crippen LogP contribution in [0.25, 0.3) is 0 Å². The van der Waals surface area contributed by atoms with Gasteiger partial charge in [0.1, 0.15) is 23.8 Å². The summed E-state index contributed by atoms with van der Waals surface area (Å²) in [4.78, 5) is 13.1. The van der Waals surface area contributed by atoms with Gasteiger partial charge in [0.05, 0.1) is 5.57 Å². The Morgan fingerprint density at radius 3 is 2.17 bits per heavy atom. The van der Waals surface area contributed by atoms with Crippen LogP contribution in [0.2, 0.25) is 0 Å². The van der Waals surface area contributed by atoms with Crippen LogP contribution in [0.1, 0.15) is 26.7 Å². The van der Waals surface area contributed by atoms with Gasteiger partial charge in [-0.25, -0.2) is 0 Å². The number of carbonyl (C=O) groups is 1. The molecule has 0 aromatic carbocycles. The standard InChI is InChI=1S/C13H12N4O/c1-9(11(6-14)7-15)12(8-16)10(2)17-5-3-4-13(17)18/h3-5H2,1-2H3/b12-10+. The maximum absolute atomic E-state index is 11.6. The lowest BCUT2D eigenvalue weighted by Gasteiger charge is -2.18. The van der Waals surface area contributed by atoms with E-state index in [9.17, 15) is 4.79 Å². The summed E-state index contributed by atoms with van der Waals surface area (Å²) >= 11 is 0. The molecule has 0 spiro atoms. The van der Waals surface area contributed by atoms with E-state index in [0.717, 1.165) is 6.42 Å². The Morgan fingerprint density at radius 1 is 1.17 bits per heavy atom. The Morgan fingerprint density at radius 2 is 1.78 bits per heavy atom. The van der Waals surface area contributed by atoms with E-state index in [0.29, 0.717) is 24.2 Å². The lowest BCUT2D eigenvalue weighted by Crippen LogP contribution is -2.23. The van der Waals surface area contributed by atoms with Gasteiger partial charge in [0.2, 0.25) is 5.91 Å². The summed E-state index contributed by atoms with van der Waals surface area (Å²) in [5.41, 5.74) is 0.959. The monoisotopic (exact) mass is 240 g/mol. The summed E-state index contributed by atoms with van der Waals surface area (Å²) in [6.45, 7) is 3.79. The van der Waals surface area contributed by atoms with Crippen LogP contribution in [-0.4, -0.2) is 17.4 Å². The van der Waals surface area contributed by atoms with E-state index in [2.05, 4.69) is 0 Å². The van der Waals surface area contributed by atoms with Crippen molar-refractivity contribution in [3.63, 3.8) is 0 Å². The van der Waals surface area contributed by atoms with Crippen molar-refractivity contribution in [2.75, 3.05) is 6.54 Å². The number of nitrogens with zero attached hydrogens (tertiary/aromatic N) is 4. The molecule has 90 valence electrons. The number of nitriles is 3. The lowest BCUT2D eigenvalue weighted by atomic mass is 10.0. The molecule has 1 aliphatic rings. The molecule has 0 aromatic heterocycles. The second-order valence-electron chi connectivity index (χ2n) is 3.94. The summed E-state index contributed by atoms with van der Waals surface area (Å²) in [6.07, 6.45) is 1.24. The maximum atomic E-state index is 11.6. The largest absolute Gasteiger partial charge is 0.315 e. The number of hydrogen-bond donors (Lipinski definition) is 0. The molecule has 0 saturated carbocycles. The second kappa shape index (κ2) is 5.66. The second-order valence-corrected chi connectivity index (χ2v) is 3.94. The Bertz CT molecular complexity index is 547. The molecule has 0 aliphatic carbocycles. The van der Waals surface area contributed by atoms with Crippen LogP contribution < -0.4 is 0 Å². The smallest absolute Gasteiger partial charge is 0.226 e. The molecule has 5 nitrogen and oxygen atoms in total. The molecule has 0 unspecified atom stereocenters. The third-order valence-electron chi connectivity index (χ3n) is 2.93. The van der Waals surface area contributed by atoms with Gasteiger partial charge in [0.25, 0.3) is 0 Å². The van der Waals surface area contributed by atoms with Crippen LogP contribution in [0.5, 0.6) is 0 Å². The third-order valence-corrected chi connectivity index (χ3v) is 2.93. The van der Waals surface area contributed by atoms with Crippen LogP contribution in [0.4, 0.5) is 0 Å². The summed E-state index contributed by atoms with van der Waals surface area (Å²) < 4.78 is 0. The predicted octanol–water partition coefficient (Wildman–Crippen LogP) is 1.77. The van der Waals surface area contributed by atoms with Crippen molar-refractivity contribution in [3.05, 3.63) is 22.4 Å². The van der Waals surface area contributed by atoms with Gasteiger partial charge in [-0.2, -0.15) is 15.8 Å². The number of carbonyl (C=O) groups excluding carboxylic acids is 1. The van der Waals surface area contributed by atoms with Gasteiger partial charge in [-0.15, -0.1) is 0 Å². The lowest BCUT2D eigenvalue weighted by molar-refractivity contribution is -0.126. The molecule has 1 rings (SSSR count). The molecule has 0 radical (unpaired) electrons. The van der Waals surface area contributed by atoms with Crippen LogP contribution in [0, 0.1) is 34.0 Å². The van der Waals surface area contributed by atoms with E-state index in [4.69, 9.17) is 15.8 Å². The fraction of sp³-hybridized carbons (Fsp3) is 0.385. The zero-order valence-corrected chi connectivity index (χ0v) is 10.3. The molecule has 1 aliphatic heterocycles. The molecule has 18 heavy (non-hydrogen) atoms. The average Bonchev–Trinajstić information content (AvgIpc) is 2.77. The highest BCUT2D eigenvalue weighted by atomic mass is 16.2. The Hall–Kier alpha value is -2.58. The zero-order chi connectivity index (χ0) is 13.7. The third kappa shape index (κ3) is 2.39. The Labute approximate surface area is 106 Å². The molecule has 1 amide bonds. The van der Waals surface area contributed by atoms with E-state index >= 15 is 0 Å². The first-order valence-electron chi connectivity index (χ1n) is 5.49. The van der Waals surface area contributed by atoms with Crippen molar-refractivity contribution in [1.82, 2.24) is 4.90 Å². The van der Waals surface area contributed by atoms with E-state index in [1.807, 2.05) is 6.07 Å². The number of likely N-dealkylation sites (tertiary alicyclic amines) is 1. The number of rotatable bonds is 2. The quantitative estimate of drug-likeness (QED) is 0.543. The molecule has 1 heterocycles. The van der Waals surface area contributed by atoms with E-state index in [1.54, 1.807) is 26.0 Å². The minimum Gasteiger partial charge on any atom is -0.315 e. The van der Waals surface area contributed by atoms with Gasteiger partial charge in [-0.1, -0.05) is 0 Å². The first-order valence-corrected chi connectivity index (χ1v) is 5.49. The molecule has 0 atom stereocenters. The van der Waals surface area contributed by atoms with Gasteiger partial charge in [-0.05, 0) is 25.8 Å². The number of allylic oxidation sites excluding steroid dienone is 4. The van der Waals surface area contributed by atoms with E-state index < -0.39 is 0 Å². The molecular weight excluding hydrogens is 228 g/mol. The van der Waals surface area contributed by atoms with Gasteiger partial charge < -0.3 is 4.90 Å². The van der Waals surface area contributed by atoms with Crippen LogP contribution >= 0.6 is 0 Å². The highest BCUT2D eigenvalue weighted by Crippen LogP contribution is 2.23. The minimum atomic E-state index is -0.0995. The molecule has 1 saturated heterocycles. The van der Waals surface area contributed by atoms with Crippen molar-refractivity contribution in [1.29, 1.82) is 15.8 Å². The van der Waals surface area contributed by atoms with Crippen LogP contribution in [-0.2, 0) is 4.79 Å². The van der Waals surface area contributed by atoms with Gasteiger partial charge in [0, 0.05) is 18.7 Å². The molecule has 0 N–H and O–H groups in total. The average molecular weight is 240 g/mol. The topological polar surface area (TPSA) is 91.7 Å². The first-order chi connectivity index (χ1) is 8.56. The molecule has 5 heteroatoms. The fourth-order valence-electron chi connectivity index (χ4n) is 1.89. The normalized spacial score (nSPS) is 15.3. The Kier molecular flexibility index (Phi) is 4.24. The van der Waals surface area contributed by atoms with Crippen molar-refractivity contribution < 1.29 is 4.79 Å². The van der Waals surface area contributed by atoms with Crippen LogP contribution in [0.15, 0.2) is 22.4 Å². The molecule has 0 bridgehead atoms. The number of amides is 1. The van der Waals surface area contributed by atoms with Crippen molar-refractivity contribution >= 4 is 5.91 Å². The van der Waals surface area contributed by atoms with Crippen molar-refractivity contribution in [2.45, 2.75) is 26.7 Å². The minimum absolute atomic E-state index is 0.0245. The fourth-order valence-corrected chi connectivity index (χ4v) is 1.89. The Balaban J connectivity index is 3.31. The van der Waals surface area contributed by atoms with Crippen molar-refractivity contribution in [2.24, 2.45) is 0 Å². The number of hydrogen-bond acceptors (Lipinski definition) is 4. The first kappa shape index (κ1) is 13.5. The summed E-state index contributed by atoms with van der Waals surface area (Å²) in [6, 6.07) is 5.48. The van der Waals surface area contributed by atoms with Crippen LogP contribution in [0.3, 0.4) is 0 Å². The van der Waals surface area contributed by atoms with Gasteiger partial charge in [-0.3, -0.25) is 4.79 Å². The molecule has 1 fully saturated rings. The van der Waals surface area contributed by atoms with Gasteiger partial charge in [0.15, 0.2) is 0 Å². The van der Waals surface area contributed by atoms with E-state index in [-0.39, 0.29) is 17.1 Å². The molecule has 0 aromatic rings. The summed E-state index contributed by atoms with van der Waals surface area (Å²) in [5.74, 6) is -0.0245. The molecular formula is C13H12N4O. The highest BCUT2D eigenvalue weighted by Gasteiger charge is 2.24. The van der Waals surface area contributed by atoms with Gasteiger partial charge >= 0.3 is 0 Å². The highest BCUT2D eigenvalue weighted by molar-refractivity contribution is 5.80. The zero-order valence-electron chi connectivity index (χ0n) is 10.3. The SMILES string of the molecule is CC(=C(C#N)C#N)/C(C#N)=C(\C)N1CCCC1=O.